The first-order valence-electron chi connectivity index (χ1n) is 4.83. The Labute approximate surface area is 98.9 Å². The molecule has 0 saturated carbocycles. The molecule has 0 spiro atoms. The highest BCUT2D eigenvalue weighted by Crippen LogP contribution is 2.41. The van der Waals surface area contributed by atoms with E-state index < -0.39 is 5.91 Å². The number of aliphatic hydroxyl groups is 1. The molecule has 6 heteroatoms. The summed E-state index contributed by atoms with van der Waals surface area (Å²) in [5.74, 6) is 0.191. The molecule has 0 fully saturated rings. The van der Waals surface area contributed by atoms with Gasteiger partial charge >= 0.3 is 0 Å². The van der Waals surface area contributed by atoms with Crippen LogP contribution < -0.4 is 19.9 Å². The molecule has 6 nitrogen and oxygen atoms in total. The number of nitrogens with two attached hydrogens (primary N) is 1. The third kappa shape index (κ3) is 2.26. The lowest BCUT2D eigenvalue weighted by Crippen LogP contribution is -2.15. The molecule has 0 heterocycles. The van der Waals surface area contributed by atoms with Crippen molar-refractivity contribution in [3.05, 3.63) is 17.2 Å². The first-order valence-corrected chi connectivity index (χ1v) is 4.83. The number of hydrogen-bond acceptors (Lipinski definition) is 5. The maximum absolute atomic E-state index is 11.3. The van der Waals surface area contributed by atoms with E-state index in [9.17, 15) is 9.90 Å². The summed E-state index contributed by atoms with van der Waals surface area (Å²) in [6.07, 6.45) is 0. The van der Waals surface area contributed by atoms with Gasteiger partial charge in [-0.25, -0.2) is 0 Å². The van der Waals surface area contributed by atoms with Gasteiger partial charge in [0.25, 0.3) is 0 Å². The quantitative estimate of drug-likeness (QED) is 0.773. The number of carbonyl (C=O) groups excluding carboxylic acids is 1. The molecule has 0 aliphatic rings. The van der Waals surface area contributed by atoms with Gasteiger partial charge in [-0.15, -0.1) is 0 Å². The maximum atomic E-state index is 11.3. The fourth-order valence-corrected chi connectivity index (χ4v) is 1.59. The van der Waals surface area contributed by atoms with Crippen LogP contribution in [0.2, 0.25) is 0 Å². The third-order valence-corrected chi connectivity index (χ3v) is 2.36. The predicted molar refractivity (Wildman–Crippen MR) is 60.5 cm³/mol. The number of ether oxygens (including phenoxy) is 3. The molecule has 1 amide bonds. The molecular weight excluding hydrogens is 226 g/mol. The minimum absolute atomic E-state index is 0.141. The van der Waals surface area contributed by atoms with Gasteiger partial charge in [0.15, 0.2) is 11.5 Å². The molecule has 0 unspecified atom stereocenters. The summed E-state index contributed by atoms with van der Waals surface area (Å²) >= 11 is 0. The number of benzene rings is 1. The zero-order valence-corrected chi connectivity index (χ0v) is 9.94. The van der Waals surface area contributed by atoms with Crippen LogP contribution in [0.15, 0.2) is 6.07 Å². The molecule has 1 aromatic rings. The van der Waals surface area contributed by atoms with Gasteiger partial charge in [0.2, 0.25) is 11.7 Å². The second-order valence-corrected chi connectivity index (χ2v) is 3.19. The zero-order chi connectivity index (χ0) is 13.0. The van der Waals surface area contributed by atoms with Crippen molar-refractivity contribution in [2.45, 2.75) is 6.61 Å². The van der Waals surface area contributed by atoms with Crippen LogP contribution in [0.5, 0.6) is 17.2 Å². The van der Waals surface area contributed by atoms with E-state index in [2.05, 4.69) is 0 Å². The monoisotopic (exact) mass is 241 g/mol. The topological polar surface area (TPSA) is 91.0 Å². The number of rotatable bonds is 5. The summed E-state index contributed by atoms with van der Waals surface area (Å²) in [4.78, 5) is 11.3. The van der Waals surface area contributed by atoms with Crippen molar-refractivity contribution < 1.29 is 24.1 Å². The first-order chi connectivity index (χ1) is 8.10. The Balaban J connectivity index is 3.60. The minimum Gasteiger partial charge on any atom is -0.493 e. The third-order valence-electron chi connectivity index (χ3n) is 2.36. The van der Waals surface area contributed by atoms with Gasteiger partial charge in [-0.1, -0.05) is 0 Å². The van der Waals surface area contributed by atoms with Crippen molar-refractivity contribution in [3.63, 3.8) is 0 Å². The molecule has 0 atom stereocenters. The largest absolute Gasteiger partial charge is 0.493 e. The average molecular weight is 241 g/mol. The normalized spacial score (nSPS) is 9.88. The van der Waals surface area contributed by atoms with E-state index in [-0.39, 0.29) is 23.5 Å². The summed E-state index contributed by atoms with van der Waals surface area (Å²) in [5.41, 5.74) is 5.64. The molecular formula is C11H15NO5. The maximum Gasteiger partial charge on any atom is 0.249 e. The summed E-state index contributed by atoms with van der Waals surface area (Å²) in [5, 5.41) is 9.28. The number of methoxy groups -OCH3 is 3. The number of carbonyl (C=O) groups is 1. The van der Waals surface area contributed by atoms with Crippen molar-refractivity contribution >= 4 is 5.91 Å². The van der Waals surface area contributed by atoms with Crippen LogP contribution in [-0.4, -0.2) is 32.3 Å². The van der Waals surface area contributed by atoms with Crippen molar-refractivity contribution in [2.24, 2.45) is 5.73 Å². The average Bonchev–Trinajstić information content (AvgIpc) is 2.35. The Morgan fingerprint density at radius 3 is 2.18 bits per heavy atom. The van der Waals surface area contributed by atoms with Crippen LogP contribution in [0.3, 0.4) is 0 Å². The summed E-state index contributed by atoms with van der Waals surface area (Å²) in [7, 11) is 4.27. The van der Waals surface area contributed by atoms with Crippen LogP contribution in [0.4, 0.5) is 0 Å². The van der Waals surface area contributed by atoms with E-state index in [0.717, 1.165) is 0 Å². The zero-order valence-electron chi connectivity index (χ0n) is 9.94. The number of aliphatic hydroxyl groups excluding tert-OH is 1. The molecule has 0 aliphatic carbocycles. The predicted octanol–water partition coefficient (Wildman–Crippen LogP) is 0.304. The molecule has 0 bridgehead atoms. The van der Waals surface area contributed by atoms with Crippen molar-refractivity contribution in [2.75, 3.05) is 21.3 Å². The van der Waals surface area contributed by atoms with Crippen LogP contribution in [0.1, 0.15) is 15.9 Å². The standard InChI is InChI=1S/C11H15NO5/c1-15-8-4-6(11(12)14)7(5-13)9(16-2)10(8)17-3/h4,13H,5H2,1-3H3,(H2,12,14). The molecule has 1 aromatic carbocycles. The van der Waals surface area contributed by atoms with Gasteiger partial charge in [0.05, 0.1) is 33.5 Å². The van der Waals surface area contributed by atoms with E-state index in [1.54, 1.807) is 0 Å². The number of amides is 1. The highest BCUT2D eigenvalue weighted by Gasteiger charge is 2.22. The molecule has 0 saturated heterocycles. The Hall–Kier alpha value is -1.95. The Bertz CT molecular complexity index is 430. The Morgan fingerprint density at radius 1 is 1.24 bits per heavy atom. The Morgan fingerprint density at radius 2 is 1.82 bits per heavy atom. The summed E-state index contributed by atoms with van der Waals surface area (Å²) < 4.78 is 15.3. The van der Waals surface area contributed by atoms with Gasteiger partial charge in [-0.3, -0.25) is 4.79 Å². The highest BCUT2D eigenvalue weighted by molar-refractivity contribution is 5.96. The minimum atomic E-state index is -0.673. The van der Waals surface area contributed by atoms with E-state index in [4.69, 9.17) is 19.9 Å². The molecule has 0 aromatic heterocycles. The van der Waals surface area contributed by atoms with E-state index in [1.165, 1.54) is 27.4 Å². The molecule has 94 valence electrons. The van der Waals surface area contributed by atoms with E-state index in [1.807, 2.05) is 0 Å². The lowest BCUT2D eigenvalue weighted by molar-refractivity contribution is 0.0996. The SMILES string of the molecule is COc1cc(C(N)=O)c(CO)c(OC)c1OC. The van der Waals surface area contributed by atoms with Crippen LogP contribution in [0.25, 0.3) is 0 Å². The van der Waals surface area contributed by atoms with Crippen LogP contribution in [-0.2, 0) is 6.61 Å². The summed E-state index contributed by atoms with van der Waals surface area (Å²) in [6, 6.07) is 1.41. The van der Waals surface area contributed by atoms with Crippen molar-refractivity contribution in [1.82, 2.24) is 0 Å². The van der Waals surface area contributed by atoms with Gasteiger partial charge in [-0.05, 0) is 6.07 Å². The Kier molecular flexibility index (Phi) is 4.17. The number of hydrogen-bond donors (Lipinski definition) is 2. The summed E-state index contributed by atoms with van der Waals surface area (Å²) in [6.45, 7) is -0.387. The van der Waals surface area contributed by atoms with Crippen LogP contribution >= 0.6 is 0 Å². The van der Waals surface area contributed by atoms with Crippen molar-refractivity contribution in [3.8, 4) is 17.2 Å². The van der Waals surface area contributed by atoms with Gasteiger partial charge < -0.3 is 25.1 Å². The lowest BCUT2D eigenvalue weighted by atomic mass is 10.0. The molecule has 1 rings (SSSR count). The van der Waals surface area contributed by atoms with Gasteiger partial charge in [0.1, 0.15) is 0 Å². The van der Waals surface area contributed by atoms with Crippen LogP contribution in [0, 0.1) is 0 Å². The molecule has 0 aliphatic heterocycles. The second-order valence-electron chi connectivity index (χ2n) is 3.19. The molecule has 3 N–H and O–H groups in total. The van der Waals surface area contributed by atoms with Gasteiger partial charge in [0, 0.05) is 5.56 Å². The fourth-order valence-electron chi connectivity index (χ4n) is 1.59. The lowest BCUT2D eigenvalue weighted by Gasteiger charge is -2.17. The second kappa shape index (κ2) is 5.40. The van der Waals surface area contributed by atoms with Gasteiger partial charge in [-0.2, -0.15) is 0 Å². The van der Waals surface area contributed by atoms with E-state index in [0.29, 0.717) is 11.5 Å². The molecule has 0 radical (unpaired) electrons. The molecule has 17 heavy (non-hydrogen) atoms. The first kappa shape index (κ1) is 13.1. The fraction of sp³-hybridized carbons (Fsp3) is 0.364. The highest BCUT2D eigenvalue weighted by atomic mass is 16.5. The van der Waals surface area contributed by atoms with E-state index >= 15 is 0 Å². The smallest absolute Gasteiger partial charge is 0.249 e. The number of primary amides is 1. The van der Waals surface area contributed by atoms with Crippen molar-refractivity contribution in [1.29, 1.82) is 0 Å².